The van der Waals surface area contributed by atoms with E-state index in [0.29, 0.717) is 23.3 Å². The first-order valence-electron chi connectivity index (χ1n) is 17.2. The van der Waals surface area contributed by atoms with Gasteiger partial charge in [0.15, 0.2) is 0 Å². The Morgan fingerprint density at radius 3 is 2.24 bits per heavy atom. The van der Waals surface area contributed by atoms with Crippen LogP contribution in [-0.2, 0) is 9.59 Å². The highest BCUT2D eigenvalue weighted by atomic mass is 16.5. The first kappa shape index (κ1) is 35.8. The van der Waals surface area contributed by atoms with Crippen molar-refractivity contribution in [2.75, 3.05) is 18.1 Å². The highest BCUT2D eigenvalue weighted by Crippen LogP contribution is 2.47. The number of aliphatic hydroxyl groups is 2. The summed E-state index contributed by atoms with van der Waals surface area (Å²) in [4.78, 5) is 29.1. The third-order valence-corrected chi connectivity index (χ3v) is 10.0. The Balaban J connectivity index is 1.35. The van der Waals surface area contributed by atoms with Gasteiger partial charge in [0.2, 0.25) is 11.8 Å². The fraction of sp³-hybridized carbons (Fsp3) is 0.268. The summed E-state index contributed by atoms with van der Waals surface area (Å²) in [7, 11) is -1.78. The number of para-hydroxylation sites is 1. The van der Waals surface area contributed by atoms with Crippen LogP contribution < -0.4 is 15.1 Å². The van der Waals surface area contributed by atoms with E-state index in [0.717, 1.165) is 32.7 Å². The number of nitrogens with zero attached hydrogens (tertiary/aromatic N) is 1. The average molecular weight is 688 g/mol. The van der Waals surface area contributed by atoms with Crippen LogP contribution in [0.5, 0.6) is 11.5 Å². The third kappa shape index (κ3) is 7.55. The highest BCUT2D eigenvalue weighted by molar-refractivity contribution is 6.58. The van der Waals surface area contributed by atoms with Crippen molar-refractivity contribution in [2.45, 2.75) is 39.2 Å². The molecule has 4 aromatic carbocycles. The number of carbonyl (C=O) groups is 2. The molecule has 0 radical (unpaired) electrons. The summed E-state index contributed by atoms with van der Waals surface area (Å²) >= 11 is 0. The van der Waals surface area contributed by atoms with Crippen molar-refractivity contribution in [2.24, 2.45) is 17.8 Å². The molecule has 0 aromatic heterocycles. The van der Waals surface area contributed by atoms with Crippen molar-refractivity contribution in [1.29, 1.82) is 0 Å². The van der Waals surface area contributed by atoms with Gasteiger partial charge in [-0.15, -0.1) is 0 Å². The van der Waals surface area contributed by atoms with Gasteiger partial charge in [-0.2, -0.15) is 0 Å². The molecule has 6 rings (SSSR count). The number of allylic oxidation sites excluding steroid dienone is 1. The lowest BCUT2D eigenvalue weighted by Gasteiger charge is -2.36. The predicted molar refractivity (Wildman–Crippen MR) is 197 cm³/mol. The van der Waals surface area contributed by atoms with E-state index in [9.17, 15) is 35.0 Å². The van der Waals surface area contributed by atoms with Gasteiger partial charge in [0.1, 0.15) is 18.1 Å². The molecule has 10 heteroatoms. The Kier molecular flexibility index (Phi) is 10.9. The van der Waals surface area contributed by atoms with Crippen LogP contribution in [0.2, 0.25) is 0 Å². The van der Waals surface area contributed by atoms with Gasteiger partial charge in [0.25, 0.3) is 0 Å². The van der Waals surface area contributed by atoms with Gasteiger partial charge in [0.05, 0.1) is 30.2 Å². The molecule has 2 aliphatic rings. The second kappa shape index (κ2) is 15.5. The van der Waals surface area contributed by atoms with Crippen molar-refractivity contribution >= 4 is 41.7 Å². The van der Waals surface area contributed by atoms with E-state index in [2.05, 4.69) is 0 Å². The van der Waals surface area contributed by atoms with Crippen LogP contribution in [0.3, 0.4) is 0 Å². The first-order chi connectivity index (χ1) is 24.6. The number of aromatic hydroxyl groups is 1. The van der Waals surface area contributed by atoms with Crippen LogP contribution in [0.4, 0.5) is 5.69 Å². The lowest BCUT2D eigenvalue weighted by atomic mass is 9.68. The number of phenols is 1. The fourth-order valence-electron chi connectivity index (χ4n) is 7.53. The van der Waals surface area contributed by atoms with Crippen LogP contribution in [0.1, 0.15) is 41.5 Å². The molecule has 1 aliphatic heterocycles. The molecule has 1 fully saturated rings. The van der Waals surface area contributed by atoms with Crippen molar-refractivity contribution in [3.05, 3.63) is 130 Å². The molecule has 4 aromatic rings. The van der Waals surface area contributed by atoms with Gasteiger partial charge < -0.3 is 30.1 Å². The summed E-state index contributed by atoms with van der Waals surface area (Å²) in [6, 6.07) is 28.8. The minimum Gasteiger partial charge on any atom is -0.507 e. The van der Waals surface area contributed by atoms with E-state index < -0.39 is 49.4 Å². The molecule has 4 atom stereocenters. The molecule has 2 amide bonds. The van der Waals surface area contributed by atoms with Crippen molar-refractivity contribution < 1.29 is 39.7 Å². The highest BCUT2D eigenvalue weighted by Gasteiger charge is 2.55. The molecule has 5 N–H and O–H groups in total. The lowest BCUT2D eigenvalue weighted by Crippen LogP contribution is -2.40. The minimum atomic E-state index is -1.78. The summed E-state index contributed by atoms with van der Waals surface area (Å²) < 4.78 is 6.14. The molecule has 1 heterocycles. The fourth-order valence-corrected chi connectivity index (χ4v) is 7.53. The topological polar surface area (TPSA) is 148 Å². The summed E-state index contributed by atoms with van der Waals surface area (Å²) in [6.07, 6.45) is 1.83. The lowest BCUT2D eigenvalue weighted by molar-refractivity contribution is -0.123. The zero-order chi connectivity index (χ0) is 36.2. The number of ether oxygens (including phenoxy) is 1. The number of benzene rings is 4. The number of aliphatic hydroxyl groups excluding tert-OH is 2. The van der Waals surface area contributed by atoms with E-state index in [1.807, 2.05) is 92.7 Å². The maximum atomic E-state index is 14.1. The number of rotatable bonds is 12. The number of fused-ring (bicyclic) bond motifs is 1. The minimum absolute atomic E-state index is 0.0528. The molecule has 1 saturated heterocycles. The number of phenolic OH excluding ortho intramolecular Hbond substituents is 1. The largest absolute Gasteiger partial charge is 0.507 e. The number of hydrogen-bond acceptors (Lipinski definition) is 8. The number of amides is 2. The molecular weight excluding hydrogens is 645 g/mol. The molecule has 0 bridgehead atoms. The number of aryl methyl sites for hydroxylation is 2. The zero-order valence-corrected chi connectivity index (χ0v) is 28.6. The van der Waals surface area contributed by atoms with E-state index >= 15 is 0 Å². The smallest absolute Gasteiger partial charge is 0.488 e. The Morgan fingerprint density at radius 1 is 0.922 bits per heavy atom. The van der Waals surface area contributed by atoms with Crippen LogP contribution in [0.25, 0.3) is 11.6 Å². The standard InChI is InChI=1S/C41H42BNO8/c1-25-18-27(19-26(2)39(25)46)20-29(28-10-5-3-6-11-28)16-17-36(45)37-30(24-51-33-14-7-4-8-15-33)21-34-38(35(37)23-44)41(48)43(40(34)47)32-13-9-12-31(22-32)42(49)50/h3-15,18-20,22,34-36,38,44-46,49-50H,16-17,21,23-24H2,1-2H3/b29-20-/t34-,35+,36-,38-/m1/s1. The van der Waals surface area contributed by atoms with E-state index in [1.54, 1.807) is 12.1 Å². The van der Waals surface area contributed by atoms with Gasteiger partial charge in [-0.3, -0.25) is 14.5 Å². The van der Waals surface area contributed by atoms with Crippen LogP contribution >= 0.6 is 0 Å². The van der Waals surface area contributed by atoms with Gasteiger partial charge in [-0.1, -0.05) is 66.7 Å². The summed E-state index contributed by atoms with van der Waals surface area (Å²) in [6.45, 7) is 3.28. The van der Waals surface area contributed by atoms with Crippen LogP contribution in [-0.4, -0.2) is 63.6 Å². The molecule has 0 spiro atoms. The Labute approximate surface area is 297 Å². The van der Waals surface area contributed by atoms with E-state index in [1.165, 1.54) is 12.1 Å². The predicted octanol–water partition coefficient (Wildman–Crippen LogP) is 4.56. The summed E-state index contributed by atoms with van der Waals surface area (Å²) in [5.41, 5.74) is 5.86. The SMILES string of the molecule is Cc1cc(/C=C(/CC[C@@H](O)C2=C(COc3ccccc3)C[C@H]3C(=O)N(c4cccc(B(O)O)c4)C(=O)[C@H]3[C@H]2CO)c2ccccc2)cc(C)c1O. The molecule has 1 aliphatic carbocycles. The zero-order valence-electron chi connectivity index (χ0n) is 28.6. The molecule has 9 nitrogen and oxygen atoms in total. The second-order valence-corrected chi connectivity index (χ2v) is 13.4. The van der Waals surface area contributed by atoms with Gasteiger partial charge in [-0.05, 0) is 114 Å². The Morgan fingerprint density at radius 2 is 1.59 bits per heavy atom. The summed E-state index contributed by atoms with van der Waals surface area (Å²) in [5.74, 6) is -2.69. The number of hydrogen-bond donors (Lipinski definition) is 5. The molecule has 0 unspecified atom stereocenters. The quantitative estimate of drug-likeness (QED) is 0.0631. The average Bonchev–Trinajstić information content (AvgIpc) is 3.39. The maximum Gasteiger partial charge on any atom is 0.488 e. The second-order valence-electron chi connectivity index (χ2n) is 13.4. The van der Waals surface area contributed by atoms with E-state index in [-0.39, 0.29) is 36.3 Å². The molecule has 262 valence electrons. The van der Waals surface area contributed by atoms with Crippen LogP contribution in [0, 0.1) is 31.6 Å². The third-order valence-electron chi connectivity index (χ3n) is 10.0. The Hall–Kier alpha value is -5.00. The number of carbonyl (C=O) groups excluding carboxylic acids is 2. The molecular formula is C41H42BNO8. The van der Waals surface area contributed by atoms with Crippen molar-refractivity contribution in [3.8, 4) is 11.5 Å². The van der Waals surface area contributed by atoms with Crippen molar-refractivity contribution in [1.82, 2.24) is 0 Å². The van der Waals surface area contributed by atoms with Crippen LogP contribution in [0.15, 0.2) is 108 Å². The van der Waals surface area contributed by atoms with E-state index in [4.69, 9.17) is 4.74 Å². The monoisotopic (exact) mass is 687 g/mol. The first-order valence-corrected chi connectivity index (χ1v) is 17.2. The maximum absolute atomic E-state index is 14.1. The normalized spacial score (nSPS) is 19.7. The number of anilines is 1. The summed E-state index contributed by atoms with van der Waals surface area (Å²) in [5, 5.41) is 52.8. The molecule has 51 heavy (non-hydrogen) atoms. The van der Waals surface area contributed by atoms with Gasteiger partial charge in [0, 0.05) is 5.92 Å². The number of imide groups is 1. The van der Waals surface area contributed by atoms with Crippen molar-refractivity contribution in [3.63, 3.8) is 0 Å². The molecule has 0 saturated carbocycles. The van der Waals surface area contributed by atoms with Gasteiger partial charge in [-0.25, -0.2) is 0 Å². The Bertz CT molecular complexity index is 1940. The van der Waals surface area contributed by atoms with Gasteiger partial charge >= 0.3 is 7.12 Å².